The van der Waals surface area contributed by atoms with Crippen molar-refractivity contribution in [3.8, 4) is 0 Å². The van der Waals surface area contributed by atoms with Crippen LogP contribution in [0.25, 0.3) is 10.9 Å². The van der Waals surface area contributed by atoms with Gasteiger partial charge in [0.25, 0.3) is 5.69 Å². The number of nitrogens with one attached hydrogen (secondary N) is 1. The number of nitrogens with zero attached hydrogens (tertiary/aromatic N) is 2. The minimum atomic E-state index is -0.643. The number of hydrogen-bond acceptors (Lipinski definition) is 5. The third-order valence-corrected chi connectivity index (χ3v) is 3.84. The number of aliphatic hydroxyl groups is 1. The number of aromatic nitrogens is 1. The molecular formula is C14H15N3O3. The highest BCUT2D eigenvalue weighted by molar-refractivity contribution is 5.96. The standard InChI is InChI=1S/C14H15N3O3/c18-14(6-2-7-14)9-16-11-4-5-12(17(19)20)13-10(11)3-1-8-15-13/h1,3-5,8,16,18H,2,6-7,9H2. The molecule has 0 unspecified atom stereocenters. The molecule has 2 N–H and O–H groups in total. The second-order valence-corrected chi connectivity index (χ2v) is 5.22. The Bertz CT molecular complexity index is 668. The average molecular weight is 273 g/mol. The first-order chi connectivity index (χ1) is 9.59. The number of anilines is 1. The van der Waals surface area contributed by atoms with Crippen molar-refractivity contribution >= 4 is 22.3 Å². The molecule has 0 atom stereocenters. The Morgan fingerprint density at radius 3 is 2.85 bits per heavy atom. The fourth-order valence-corrected chi connectivity index (χ4v) is 2.48. The zero-order valence-corrected chi connectivity index (χ0v) is 10.9. The molecule has 2 aromatic rings. The molecule has 0 amide bonds. The van der Waals surface area contributed by atoms with Crippen LogP contribution in [0.15, 0.2) is 30.5 Å². The van der Waals surface area contributed by atoms with E-state index in [1.807, 2.05) is 0 Å². The normalized spacial score (nSPS) is 16.6. The van der Waals surface area contributed by atoms with Gasteiger partial charge in [-0.1, -0.05) is 0 Å². The van der Waals surface area contributed by atoms with Crippen LogP contribution in [0.3, 0.4) is 0 Å². The first kappa shape index (κ1) is 12.8. The Kier molecular flexibility index (Phi) is 3.02. The van der Waals surface area contributed by atoms with Gasteiger partial charge >= 0.3 is 0 Å². The quantitative estimate of drug-likeness (QED) is 0.660. The van der Waals surface area contributed by atoms with E-state index in [4.69, 9.17) is 0 Å². The van der Waals surface area contributed by atoms with Crippen molar-refractivity contribution in [1.29, 1.82) is 0 Å². The number of nitro groups is 1. The minimum absolute atomic E-state index is 0.00601. The number of pyridine rings is 1. The van der Waals surface area contributed by atoms with Crippen LogP contribution in [0.4, 0.5) is 11.4 Å². The second kappa shape index (κ2) is 4.72. The van der Waals surface area contributed by atoms with Crippen LogP contribution in [0.2, 0.25) is 0 Å². The van der Waals surface area contributed by atoms with E-state index in [1.54, 1.807) is 24.4 Å². The van der Waals surface area contributed by atoms with Crippen LogP contribution >= 0.6 is 0 Å². The van der Waals surface area contributed by atoms with Gasteiger partial charge in [0, 0.05) is 29.9 Å². The molecule has 0 saturated heterocycles. The lowest BCUT2D eigenvalue weighted by molar-refractivity contribution is -0.383. The fourth-order valence-electron chi connectivity index (χ4n) is 2.48. The lowest BCUT2D eigenvalue weighted by Gasteiger charge is -2.37. The molecule has 0 bridgehead atoms. The van der Waals surface area contributed by atoms with Crippen LogP contribution in [0.1, 0.15) is 19.3 Å². The molecule has 6 heteroatoms. The Balaban J connectivity index is 1.95. The molecule has 20 heavy (non-hydrogen) atoms. The summed E-state index contributed by atoms with van der Waals surface area (Å²) in [6, 6.07) is 6.66. The van der Waals surface area contributed by atoms with Gasteiger partial charge in [-0.2, -0.15) is 0 Å². The zero-order valence-electron chi connectivity index (χ0n) is 10.9. The summed E-state index contributed by atoms with van der Waals surface area (Å²) in [5.74, 6) is 0. The molecule has 1 aromatic carbocycles. The van der Waals surface area contributed by atoms with Gasteiger partial charge in [0.1, 0.15) is 5.52 Å². The molecule has 1 aliphatic rings. The molecule has 1 heterocycles. The summed E-state index contributed by atoms with van der Waals surface area (Å²) in [6.45, 7) is 0.453. The number of hydrogen-bond donors (Lipinski definition) is 2. The van der Waals surface area contributed by atoms with Crippen LogP contribution in [-0.2, 0) is 0 Å². The third kappa shape index (κ3) is 2.18. The van der Waals surface area contributed by atoms with Gasteiger partial charge in [-0.15, -0.1) is 0 Å². The number of rotatable bonds is 4. The maximum absolute atomic E-state index is 11.0. The maximum Gasteiger partial charge on any atom is 0.295 e. The molecule has 0 radical (unpaired) electrons. The van der Waals surface area contributed by atoms with Crippen LogP contribution < -0.4 is 5.32 Å². The maximum atomic E-state index is 11.0. The highest BCUT2D eigenvalue weighted by Gasteiger charge is 2.34. The molecule has 0 spiro atoms. The van der Waals surface area contributed by atoms with Crippen molar-refractivity contribution in [2.45, 2.75) is 24.9 Å². The Hall–Kier alpha value is -2.21. The summed E-state index contributed by atoms with van der Waals surface area (Å²) < 4.78 is 0. The number of non-ortho nitro benzene ring substituents is 1. The molecule has 1 saturated carbocycles. The molecule has 104 valence electrons. The predicted octanol–water partition coefficient (Wildman–Crippen LogP) is 2.47. The van der Waals surface area contributed by atoms with Gasteiger partial charge < -0.3 is 10.4 Å². The lowest BCUT2D eigenvalue weighted by Crippen LogP contribution is -2.43. The van der Waals surface area contributed by atoms with Crippen LogP contribution in [0, 0.1) is 10.1 Å². The van der Waals surface area contributed by atoms with Crippen molar-refractivity contribution in [2.24, 2.45) is 0 Å². The predicted molar refractivity (Wildman–Crippen MR) is 75.7 cm³/mol. The Labute approximate surface area is 115 Å². The van der Waals surface area contributed by atoms with E-state index in [2.05, 4.69) is 10.3 Å². The Morgan fingerprint density at radius 1 is 1.40 bits per heavy atom. The fraction of sp³-hybridized carbons (Fsp3) is 0.357. The van der Waals surface area contributed by atoms with Gasteiger partial charge in [0.2, 0.25) is 0 Å². The molecule has 1 fully saturated rings. The summed E-state index contributed by atoms with van der Waals surface area (Å²) in [7, 11) is 0. The Morgan fingerprint density at radius 2 is 2.20 bits per heavy atom. The van der Waals surface area contributed by atoms with Crippen molar-refractivity contribution in [2.75, 3.05) is 11.9 Å². The summed E-state index contributed by atoms with van der Waals surface area (Å²) in [6.07, 6.45) is 4.17. The van der Waals surface area contributed by atoms with Crippen molar-refractivity contribution < 1.29 is 10.0 Å². The first-order valence-corrected chi connectivity index (χ1v) is 6.57. The summed E-state index contributed by atoms with van der Waals surface area (Å²) in [5.41, 5.74) is 0.478. The molecule has 6 nitrogen and oxygen atoms in total. The third-order valence-electron chi connectivity index (χ3n) is 3.84. The number of fused-ring (bicyclic) bond motifs is 1. The summed E-state index contributed by atoms with van der Waals surface area (Å²) in [5, 5.41) is 25.0. The van der Waals surface area contributed by atoms with E-state index < -0.39 is 10.5 Å². The van der Waals surface area contributed by atoms with Gasteiger partial charge in [-0.3, -0.25) is 10.1 Å². The van der Waals surface area contributed by atoms with Gasteiger partial charge in [-0.25, -0.2) is 4.98 Å². The number of nitro benzene ring substituents is 1. The second-order valence-electron chi connectivity index (χ2n) is 5.22. The van der Waals surface area contributed by atoms with Crippen molar-refractivity contribution in [3.63, 3.8) is 0 Å². The van der Waals surface area contributed by atoms with E-state index in [0.717, 1.165) is 24.9 Å². The van der Waals surface area contributed by atoms with Crippen LogP contribution in [0.5, 0.6) is 0 Å². The average Bonchev–Trinajstić information content (AvgIpc) is 2.42. The zero-order chi connectivity index (χ0) is 14.2. The van der Waals surface area contributed by atoms with Crippen LogP contribution in [-0.4, -0.2) is 27.2 Å². The van der Waals surface area contributed by atoms with E-state index in [0.29, 0.717) is 17.4 Å². The van der Waals surface area contributed by atoms with E-state index in [-0.39, 0.29) is 5.69 Å². The number of benzene rings is 1. The van der Waals surface area contributed by atoms with E-state index in [1.165, 1.54) is 6.07 Å². The largest absolute Gasteiger partial charge is 0.388 e. The van der Waals surface area contributed by atoms with E-state index in [9.17, 15) is 15.2 Å². The molecule has 3 rings (SSSR count). The molecule has 1 aliphatic carbocycles. The van der Waals surface area contributed by atoms with Gasteiger partial charge in [0.15, 0.2) is 0 Å². The monoisotopic (exact) mass is 273 g/mol. The smallest absolute Gasteiger partial charge is 0.295 e. The van der Waals surface area contributed by atoms with E-state index >= 15 is 0 Å². The van der Waals surface area contributed by atoms with Gasteiger partial charge in [0.05, 0.1) is 10.5 Å². The van der Waals surface area contributed by atoms with Gasteiger partial charge in [-0.05, 0) is 37.5 Å². The molecular weight excluding hydrogens is 258 g/mol. The topological polar surface area (TPSA) is 88.3 Å². The molecule has 1 aromatic heterocycles. The lowest BCUT2D eigenvalue weighted by atomic mass is 9.80. The highest BCUT2D eigenvalue weighted by Crippen LogP contribution is 2.34. The first-order valence-electron chi connectivity index (χ1n) is 6.57. The molecule has 0 aliphatic heterocycles. The highest BCUT2D eigenvalue weighted by atomic mass is 16.6. The summed E-state index contributed by atoms with van der Waals surface area (Å²) in [4.78, 5) is 14.7. The SMILES string of the molecule is O=[N+]([O-])c1ccc(NCC2(O)CCC2)c2cccnc12. The minimum Gasteiger partial charge on any atom is -0.388 e. The van der Waals surface area contributed by atoms with Crippen molar-refractivity contribution in [1.82, 2.24) is 4.98 Å². The van der Waals surface area contributed by atoms with Crippen molar-refractivity contribution in [3.05, 3.63) is 40.6 Å². The summed E-state index contributed by atoms with van der Waals surface area (Å²) >= 11 is 0.